The second kappa shape index (κ2) is 11.2. The molecule has 0 radical (unpaired) electrons. The van der Waals surface area contributed by atoms with Gasteiger partial charge >= 0.3 is 5.97 Å². The molecule has 1 saturated carbocycles. The van der Waals surface area contributed by atoms with Gasteiger partial charge in [-0.1, -0.05) is 45.6 Å². The van der Waals surface area contributed by atoms with Crippen LogP contribution in [0.5, 0.6) is 0 Å². The maximum Gasteiger partial charge on any atom is 0.309 e. The quantitative estimate of drug-likeness (QED) is 0.290. The van der Waals surface area contributed by atoms with Crippen molar-refractivity contribution >= 4 is 21.3 Å². The highest BCUT2D eigenvalue weighted by atomic mass is 28.2. The van der Waals surface area contributed by atoms with Gasteiger partial charge in [0, 0.05) is 15.9 Å². The summed E-state index contributed by atoms with van der Waals surface area (Å²) in [6.45, 7) is 6.56. The Bertz CT molecular complexity index is 453. The van der Waals surface area contributed by atoms with Crippen LogP contribution in [0, 0.1) is 11.8 Å². The molecule has 3 fully saturated rings. The first kappa shape index (κ1) is 21.6. The first-order chi connectivity index (χ1) is 12.6. The van der Waals surface area contributed by atoms with Crippen molar-refractivity contribution in [2.45, 2.75) is 102 Å². The fourth-order valence-corrected chi connectivity index (χ4v) is 7.39. The van der Waals surface area contributed by atoms with Crippen LogP contribution in [0.25, 0.3) is 0 Å². The summed E-state index contributed by atoms with van der Waals surface area (Å²) in [6, 6.07) is 1.41. The highest BCUT2D eigenvalue weighted by molar-refractivity contribution is 6.37. The normalized spacial score (nSPS) is 29.2. The van der Waals surface area contributed by atoms with E-state index in [1.54, 1.807) is 0 Å². The van der Waals surface area contributed by atoms with Crippen molar-refractivity contribution in [2.24, 2.45) is 11.8 Å². The second-order valence-corrected chi connectivity index (χ2v) is 10.5. The van der Waals surface area contributed by atoms with E-state index >= 15 is 0 Å². The van der Waals surface area contributed by atoms with Gasteiger partial charge in [0.25, 0.3) is 0 Å². The van der Waals surface area contributed by atoms with Gasteiger partial charge in [-0.3, -0.25) is 9.59 Å². The highest BCUT2D eigenvalue weighted by Crippen LogP contribution is 2.45. The van der Waals surface area contributed by atoms with Crippen LogP contribution in [0.3, 0.4) is 0 Å². The highest BCUT2D eigenvalue weighted by Gasteiger charge is 2.45. The van der Waals surface area contributed by atoms with Crippen LogP contribution in [0.1, 0.15) is 78.6 Å². The van der Waals surface area contributed by atoms with Gasteiger partial charge in [-0.05, 0) is 44.1 Å². The molecule has 5 unspecified atom stereocenters. The van der Waals surface area contributed by atoms with Gasteiger partial charge in [-0.15, -0.1) is 0 Å². The summed E-state index contributed by atoms with van der Waals surface area (Å²) < 4.78 is 11.5. The van der Waals surface area contributed by atoms with Crippen molar-refractivity contribution in [3.63, 3.8) is 0 Å². The van der Waals surface area contributed by atoms with Crippen molar-refractivity contribution in [3.8, 4) is 0 Å². The maximum atomic E-state index is 12.9. The van der Waals surface area contributed by atoms with Crippen LogP contribution in [-0.4, -0.2) is 40.1 Å². The average Bonchev–Trinajstić information content (AvgIpc) is 2.65. The predicted octanol–water partition coefficient (Wildman–Crippen LogP) is 4.06. The third kappa shape index (κ3) is 5.91. The van der Waals surface area contributed by atoms with Crippen LogP contribution >= 0.6 is 0 Å². The number of ether oxygens (including phenoxy) is 2. The van der Waals surface area contributed by atoms with E-state index in [2.05, 4.69) is 13.8 Å². The van der Waals surface area contributed by atoms with E-state index in [-0.39, 0.29) is 33.3 Å². The molecule has 0 N–H and O–H groups in total. The number of fused-ring (bicyclic) bond motifs is 3. The number of carbonyl (C=O) groups is 2. The first-order valence-electron chi connectivity index (χ1n) is 10.9. The molecule has 4 nitrogen and oxygen atoms in total. The van der Waals surface area contributed by atoms with E-state index < -0.39 is 0 Å². The lowest BCUT2D eigenvalue weighted by atomic mass is 9.77. The molecule has 3 aliphatic rings. The molecule has 2 bridgehead atoms. The topological polar surface area (TPSA) is 52.6 Å². The lowest BCUT2D eigenvalue weighted by molar-refractivity contribution is -0.162. The molecule has 150 valence electrons. The van der Waals surface area contributed by atoms with Gasteiger partial charge in [-0.25, -0.2) is 0 Å². The number of ketones is 1. The van der Waals surface area contributed by atoms with E-state index in [0.29, 0.717) is 25.0 Å². The SMILES string of the molecule is CCCC[SiH2]C1CC2CCC1OC2C(=O)CC(CCCC)C(=O)OCC. The largest absolute Gasteiger partial charge is 0.466 e. The Morgan fingerprint density at radius 1 is 1.15 bits per heavy atom. The fraction of sp³-hybridized carbons (Fsp3) is 0.905. The number of Topliss-reactive ketones (excluding diaryl/α,β-unsaturated/α-hetero) is 1. The molecule has 2 heterocycles. The molecule has 0 aromatic rings. The second-order valence-electron chi connectivity index (χ2n) is 8.19. The summed E-state index contributed by atoms with van der Waals surface area (Å²) in [6.07, 6.45) is 9.16. The van der Waals surface area contributed by atoms with Gasteiger partial charge in [-0.2, -0.15) is 0 Å². The van der Waals surface area contributed by atoms with Crippen molar-refractivity contribution < 1.29 is 19.1 Å². The Balaban J connectivity index is 1.89. The molecule has 5 atom stereocenters. The van der Waals surface area contributed by atoms with E-state index in [9.17, 15) is 9.59 Å². The lowest BCUT2D eigenvalue weighted by Crippen LogP contribution is -2.49. The predicted molar refractivity (Wildman–Crippen MR) is 107 cm³/mol. The minimum Gasteiger partial charge on any atom is -0.466 e. The number of rotatable bonds is 12. The standard InChI is InChI=1S/C21H38O4Si/c1-4-7-9-16(21(23)24-6-3)13-17(22)20-15-10-11-18(25-20)19(14-15)26-12-8-5-2/h15-16,18-20H,4-14,26H2,1-3H3. The van der Waals surface area contributed by atoms with Crippen molar-refractivity contribution in [2.75, 3.05) is 6.61 Å². The number of unbranched alkanes of at least 4 members (excludes halogenated alkanes) is 2. The summed E-state index contributed by atoms with van der Waals surface area (Å²) >= 11 is 0. The van der Waals surface area contributed by atoms with Crippen LogP contribution in [-0.2, 0) is 19.1 Å². The van der Waals surface area contributed by atoms with Crippen LogP contribution in [0.15, 0.2) is 0 Å². The Kier molecular flexibility index (Phi) is 9.33. The average molecular weight is 383 g/mol. The molecule has 3 rings (SSSR count). The molecule has 2 aliphatic heterocycles. The van der Waals surface area contributed by atoms with Gasteiger partial charge in [0.15, 0.2) is 5.78 Å². The Morgan fingerprint density at radius 2 is 1.92 bits per heavy atom. The molecule has 0 aromatic carbocycles. The van der Waals surface area contributed by atoms with Crippen LogP contribution in [0.4, 0.5) is 0 Å². The number of hydrogen-bond acceptors (Lipinski definition) is 4. The molecular formula is C21H38O4Si. The molecule has 0 aromatic heterocycles. The lowest BCUT2D eigenvalue weighted by Gasteiger charge is -2.47. The van der Waals surface area contributed by atoms with Crippen molar-refractivity contribution in [1.82, 2.24) is 0 Å². The van der Waals surface area contributed by atoms with E-state index in [1.807, 2.05) is 6.92 Å². The van der Waals surface area contributed by atoms with E-state index in [0.717, 1.165) is 37.6 Å². The van der Waals surface area contributed by atoms with E-state index in [1.165, 1.54) is 25.3 Å². The maximum absolute atomic E-state index is 12.9. The minimum absolute atomic E-state index is 0.0841. The smallest absolute Gasteiger partial charge is 0.309 e. The third-order valence-corrected chi connectivity index (χ3v) is 8.68. The van der Waals surface area contributed by atoms with Crippen molar-refractivity contribution in [1.29, 1.82) is 0 Å². The molecule has 26 heavy (non-hydrogen) atoms. The Labute approximate surface area is 161 Å². The minimum atomic E-state index is -0.291. The fourth-order valence-electron chi connectivity index (χ4n) is 4.70. The van der Waals surface area contributed by atoms with Gasteiger partial charge in [0.05, 0.1) is 18.6 Å². The monoisotopic (exact) mass is 382 g/mol. The summed E-state index contributed by atoms with van der Waals surface area (Å²) in [4.78, 5) is 25.1. The number of esters is 1. The van der Waals surface area contributed by atoms with Crippen molar-refractivity contribution in [3.05, 3.63) is 0 Å². The van der Waals surface area contributed by atoms with Crippen LogP contribution in [0.2, 0.25) is 11.6 Å². The summed E-state index contributed by atoms with van der Waals surface area (Å²) in [7, 11) is -0.0841. The summed E-state index contributed by atoms with van der Waals surface area (Å²) in [5.41, 5.74) is 0.769. The molecular weight excluding hydrogens is 344 g/mol. The number of carbonyl (C=O) groups excluding carboxylic acids is 2. The molecule has 0 spiro atoms. The molecule has 0 amide bonds. The first-order valence-corrected chi connectivity index (χ1v) is 12.8. The van der Waals surface area contributed by atoms with Gasteiger partial charge in [0.2, 0.25) is 0 Å². The Morgan fingerprint density at radius 3 is 2.54 bits per heavy atom. The number of hydrogen-bond donors (Lipinski definition) is 0. The Hall–Kier alpha value is -0.683. The summed E-state index contributed by atoms with van der Waals surface area (Å²) in [5.74, 6) is 0.0319. The molecule has 1 aliphatic carbocycles. The van der Waals surface area contributed by atoms with Gasteiger partial charge < -0.3 is 9.47 Å². The molecule has 2 saturated heterocycles. The molecule has 5 heteroatoms. The third-order valence-electron chi connectivity index (χ3n) is 6.17. The summed E-state index contributed by atoms with van der Waals surface area (Å²) in [5, 5.41) is 0. The van der Waals surface area contributed by atoms with E-state index in [4.69, 9.17) is 9.47 Å². The zero-order valence-electron chi connectivity index (χ0n) is 17.0. The van der Waals surface area contributed by atoms with Gasteiger partial charge in [0.1, 0.15) is 6.10 Å². The zero-order chi connectivity index (χ0) is 18.9. The zero-order valence-corrected chi connectivity index (χ0v) is 18.4. The van der Waals surface area contributed by atoms with Crippen LogP contribution < -0.4 is 0 Å².